The fourth-order valence-electron chi connectivity index (χ4n) is 3.81. The average Bonchev–Trinajstić information content (AvgIpc) is 3.58. The number of carbonyl (C=O) groups is 3. The summed E-state index contributed by atoms with van der Waals surface area (Å²) in [6, 6.07) is 14.8. The van der Waals surface area contributed by atoms with E-state index in [2.05, 4.69) is 10.6 Å². The first-order chi connectivity index (χ1) is 15.0. The van der Waals surface area contributed by atoms with Gasteiger partial charge in [-0.15, -0.1) is 0 Å². The second-order valence-electron chi connectivity index (χ2n) is 8.27. The molecule has 1 unspecified atom stereocenters. The highest BCUT2D eigenvalue weighted by molar-refractivity contribution is 6.34. The summed E-state index contributed by atoms with van der Waals surface area (Å²) >= 11 is 6.27. The number of hydrogen-bond acceptors (Lipinski definition) is 3. The maximum Gasteiger partial charge on any atom is 0.253 e. The molecular weight excluding hydrogens is 414 g/mol. The summed E-state index contributed by atoms with van der Waals surface area (Å²) < 4.78 is 0. The second-order valence-corrected chi connectivity index (χ2v) is 8.68. The normalized spacial score (nSPS) is 18.4. The van der Waals surface area contributed by atoms with Crippen molar-refractivity contribution in [2.45, 2.75) is 38.1 Å². The maximum atomic E-state index is 12.8. The van der Waals surface area contributed by atoms with Crippen LogP contribution in [0.4, 0.5) is 5.69 Å². The van der Waals surface area contributed by atoms with E-state index in [4.69, 9.17) is 11.6 Å². The minimum atomic E-state index is -0.273. The van der Waals surface area contributed by atoms with Gasteiger partial charge < -0.3 is 15.5 Å². The Bertz CT molecular complexity index is 975. The van der Waals surface area contributed by atoms with Crippen LogP contribution in [-0.2, 0) is 16.0 Å². The third kappa shape index (κ3) is 5.64. The summed E-state index contributed by atoms with van der Waals surface area (Å²) in [6.07, 6.45) is 3.87. The Morgan fingerprint density at radius 3 is 2.52 bits per heavy atom. The van der Waals surface area contributed by atoms with Crippen LogP contribution in [0.5, 0.6) is 0 Å². The number of rotatable bonds is 6. The molecule has 3 amide bonds. The number of amides is 3. The molecule has 1 heterocycles. The molecule has 1 aliphatic carbocycles. The summed E-state index contributed by atoms with van der Waals surface area (Å²) in [6.45, 7) is 1.08. The minimum absolute atomic E-state index is 0.0396. The zero-order valence-electron chi connectivity index (χ0n) is 17.3. The molecule has 4 rings (SSSR count). The first-order valence-electron chi connectivity index (χ1n) is 10.7. The van der Waals surface area contributed by atoms with Crippen LogP contribution in [0, 0.1) is 5.92 Å². The zero-order chi connectivity index (χ0) is 21.8. The van der Waals surface area contributed by atoms with Gasteiger partial charge in [-0.25, -0.2) is 0 Å². The number of piperidine rings is 1. The highest BCUT2D eigenvalue weighted by atomic mass is 35.5. The van der Waals surface area contributed by atoms with Crippen LogP contribution in [-0.4, -0.2) is 41.8 Å². The lowest BCUT2D eigenvalue weighted by atomic mass is 9.96. The summed E-state index contributed by atoms with van der Waals surface area (Å²) in [5.41, 5.74) is 1.92. The van der Waals surface area contributed by atoms with Crippen LogP contribution in [0.1, 0.15) is 41.6 Å². The molecule has 1 atom stereocenters. The summed E-state index contributed by atoms with van der Waals surface area (Å²) in [5.74, 6) is -0.559. The molecule has 0 radical (unpaired) electrons. The number of hydrogen-bond donors (Lipinski definition) is 2. The van der Waals surface area contributed by atoms with Crippen molar-refractivity contribution in [3.05, 3.63) is 64.7 Å². The molecule has 162 valence electrons. The Labute approximate surface area is 187 Å². The topological polar surface area (TPSA) is 78.5 Å². The van der Waals surface area contributed by atoms with Crippen molar-refractivity contribution in [1.82, 2.24) is 10.2 Å². The van der Waals surface area contributed by atoms with Crippen molar-refractivity contribution in [3.8, 4) is 0 Å². The maximum absolute atomic E-state index is 12.8. The van der Waals surface area contributed by atoms with E-state index >= 15 is 0 Å². The SMILES string of the molecule is O=C(NC1CC1)c1ccc(NC(=O)C2CCCN(C(=O)Cc3ccccc3)C2)cc1Cl. The Morgan fingerprint density at radius 2 is 1.81 bits per heavy atom. The fraction of sp³-hybridized carbons (Fsp3) is 0.375. The van der Waals surface area contributed by atoms with Crippen LogP contribution in [0.25, 0.3) is 0 Å². The van der Waals surface area contributed by atoms with Gasteiger partial charge in [0.1, 0.15) is 0 Å². The molecule has 2 N–H and O–H groups in total. The molecule has 0 aromatic heterocycles. The molecular formula is C24H26ClN3O3. The molecule has 7 heteroatoms. The molecule has 1 saturated heterocycles. The number of benzene rings is 2. The third-order valence-corrected chi connectivity index (χ3v) is 6.05. The van der Waals surface area contributed by atoms with E-state index in [0.29, 0.717) is 35.8 Å². The highest BCUT2D eigenvalue weighted by Crippen LogP contribution is 2.25. The fourth-order valence-corrected chi connectivity index (χ4v) is 4.08. The van der Waals surface area contributed by atoms with Crippen molar-refractivity contribution >= 4 is 35.0 Å². The van der Waals surface area contributed by atoms with Gasteiger partial charge in [0.2, 0.25) is 11.8 Å². The number of nitrogens with zero attached hydrogens (tertiary/aromatic N) is 1. The first kappa shape index (κ1) is 21.4. The van der Waals surface area contributed by atoms with E-state index in [-0.39, 0.29) is 29.7 Å². The highest BCUT2D eigenvalue weighted by Gasteiger charge is 2.29. The summed E-state index contributed by atoms with van der Waals surface area (Å²) in [7, 11) is 0. The first-order valence-corrected chi connectivity index (χ1v) is 11.1. The Balaban J connectivity index is 1.34. The van der Waals surface area contributed by atoms with E-state index in [9.17, 15) is 14.4 Å². The molecule has 1 saturated carbocycles. The largest absolute Gasteiger partial charge is 0.349 e. The van der Waals surface area contributed by atoms with E-state index in [0.717, 1.165) is 31.2 Å². The molecule has 31 heavy (non-hydrogen) atoms. The van der Waals surface area contributed by atoms with Gasteiger partial charge in [-0.3, -0.25) is 14.4 Å². The van der Waals surface area contributed by atoms with Gasteiger partial charge >= 0.3 is 0 Å². The minimum Gasteiger partial charge on any atom is -0.349 e. The lowest BCUT2D eigenvalue weighted by Gasteiger charge is -2.32. The lowest BCUT2D eigenvalue weighted by molar-refractivity contribution is -0.133. The zero-order valence-corrected chi connectivity index (χ0v) is 18.0. The van der Waals surface area contributed by atoms with Gasteiger partial charge in [0.15, 0.2) is 0 Å². The van der Waals surface area contributed by atoms with Gasteiger partial charge in [0, 0.05) is 24.8 Å². The molecule has 2 aromatic carbocycles. The Morgan fingerprint density at radius 1 is 1.03 bits per heavy atom. The number of anilines is 1. The molecule has 2 aliphatic rings. The van der Waals surface area contributed by atoms with Crippen molar-refractivity contribution in [1.29, 1.82) is 0 Å². The predicted molar refractivity (Wildman–Crippen MR) is 120 cm³/mol. The monoisotopic (exact) mass is 439 g/mol. The van der Waals surface area contributed by atoms with Gasteiger partial charge in [0.05, 0.1) is 22.9 Å². The quantitative estimate of drug-likeness (QED) is 0.721. The Hall–Kier alpha value is -2.86. The summed E-state index contributed by atoms with van der Waals surface area (Å²) in [4.78, 5) is 39.5. The van der Waals surface area contributed by atoms with Crippen molar-refractivity contribution in [2.24, 2.45) is 5.92 Å². The number of likely N-dealkylation sites (tertiary alicyclic amines) is 1. The van der Waals surface area contributed by atoms with E-state index in [1.807, 2.05) is 30.3 Å². The molecule has 2 aromatic rings. The molecule has 0 bridgehead atoms. The molecule has 1 aliphatic heterocycles. The standard InChI is InChI=1S/C24H26ClN3O3/c25-21-14-19(10-11-20(21)24(31)26-18-8-9-18)27-23(30)17-7-4-12-28(15-17)22(29)13-16-5-2-1-3-6-16/h1-3,5-6,10-11,14,17-18H,4,7-9,12-13,15H2,(H,26,31)(H,27,30). The molecule has 0 spiro atoms. The van der Waals surface area contributed by atoms with Crippen molar-refractivity contribution in [2.75, 3.05) is 18.4 Å². The van der Waals surface area contributed by atoms with Gasteiger partial charge in [-0.05, 0) is 49.4 Å². The lowest BCUT2D eigenvalue weighted by Crippen LogP contribution is -2.44. The van der Waals surface area contributed by atoms with E-state index in [1.165, 1.54) is 0 Å². The summed E-state index contributed by atoms with van der Waals surface area (Å²) in [5, 5.41) is 6.10. The smallest absolute Gasteiger partial charge is 0.253 e. The third-order valence-electron chi connectivity index (χ3n) is 5.74. The molecule has 2 fully saturated rings. The number of carbonyl (C=O) groups excluding carboxylic acids is 3. The van der Waals surface area contributed by atoms with Crippen LogP contribution >= 0.6 is 11.6 Å². The van der Waals surface area contributed by atoms with Crippen molar-refractivity contribution in [3.63, 3.8) is 0 Å². The van der Waals surface area contributed by atoms with E-state index < -0.39 is 0 Å². The Kier molecular flexibility index (Phi) is 6.56. The number of halogens is 1. The van der Waals surface area contributed by atoms with Crippen LogP contribution in [0.2, 0.25) is 5.02 Å². The number of nitrogens with one attached hydrogen (secondary N) is 2. The van der Waals surface area contributed by atoms with Gasteiger partial charge in [-0.2, -0.15) is 0 Å². The van der Waals surface area contributed by atoms with Crippen LogP contribution in [0.15, 0.2) is 48.5 Å². The van der Waals surface area contributed by atoms with Crippen LogP contribution in [0.3, 0.4) is 0 Å². The van der Waals surface area contributed by atoms with Gasteiger partial charge in [-0.1, -0.05) is 41.9 Å². The van der Waals surface area contributed by atoms with E-state index in [1.54, 1.807) is 23.1 Å². The van der Waals surface area contributed by atoms with Gasteiger partial charge in [0.25, 0.3) is 5.91 Å². The average molecular weight is 440 g/mol. The predicted octanol–water partition coefficient (Wildman–Crippen LogP) is 3.65. The second kappa shape index (κ2) is 9.52. The molecule has 6 nitrogen and oxygen atoms in total. The van der Waals surface area contributed by atoms with Crippen molar-refractivity contribution < 1.29 is 14.4 Å². The van der Waals surface area contributed by atoms with Crippen LogP contribution < -0.4 is 10.6 Å².